The molecule has 1 N–H and O–H groups in total. The summed E-state index contributed by atoms with van der Waals surface area (Å²) in [5.41, 5.74) is 1.52. The first-order valence-corrected chi connectivity index (χ1v) is 9.79. The summed E-state index contributed by atoms with van der Waals surface area (Å²) in [6.07, 6.45) is 0.448. The normalized spacial score (nSPS) is 15.1. The van der Waals surface area contributed by atoms with Gasteiger partial charge in [0.05, 0.1) is 17.7 Å². The number of urea groups is 1. The Morgan fingerprint density at radius 2 is 2.03 bits per heavy atom. The maximum absolute atomic E-state index is 14.1. The number of nitrogens with one attached hydrogen (secondary N) is 1. The van der Waals surface area contributed by atoms with E-state index in [-0.39, 0.29) is 23.7 Å². The second-order valence-electron chi connectivity index (χ2n) is 7.05. The molecule has 0 fully saturated rings. The number of amides is 2. The van der Waals surface area contributed by atoms with E-state index in [1.54, 1.807) is 25.1 Å². The molecule has 2 aromatic carbocycles. The lowest BCUT2D eigenvalue weighted by molar-refractivity contribution is -0.146. The zero-order chi connectivity index (χ0) is 22.7. The van der Waals surface area contributed by atoms with E-state index in [4.69, 9.17) is 21.1 Å². The van der Waals surface area contributed by atoms with Crippen molar-refractivity contribution in [2.75, 3.05) is 13.7 Å². The van der Waals surface area contributed by atoms with Crippen LogP contribution in [0, 0.1) is 11.6 Å². The molecule has 0 saturated carbocycles. The van der Waals surface area contributed by atoms with E-state index in [1.165, 1.54) is 12.0 Å². The van der Waals surface area contributed by atoms with Crippen LogP contribution >= 0.6 is 11.6 Å². The van der Waals surface area contributed by atoms with Gasteiger partial charge >= 0.3 is 12.0 Å². The average molecular weight is 451 g/mol. The first-order valence-electron chi connectivity index (χ1n) is 9.42. The first kappa shape index (κ1) is 22.6. The number of hydrogen-bond acceptors (Lipinski definition) is 4. The van der Waals surface area contributed by atoms with Crippen molar-refractivity contribution in [3.63, 3.8) is 0 Å². The van der Waals surface area contributed by atoms with Gasteiger partial charge in [-0.2, -0.15) is 0 Å². The number of halogens is 3. The van der Waals surface area contributed by atoms with E-state index in [0.717, 1.165) is 17.7 Å². The van der Waals surface area contributed by atoms with Gasteiger partial charge in [-0.15, -0.1) is 0 Å². The Balaban J connectivity index is 1.85. The lowest BCUT2D eigenvalue weighted by Gasteiger charge is -2.35. The van der Waals surface area contributed by atoms with Gasteiger partial charge in [0.2, 0.25) is 0 Å². The van der Waals surface area contributed by atoms with Crippen LogP contribution in [0.5, 0.6) is 5.75 Å². The molecule has 1 aliphatic heterocycles. The van der Waals surface area contributed by atoms with Crippen LogP contribution < -0.4 is 10.1 Å². The Labute approximate surface area is 183 Å². The number of methoxy groups -OCH3 is 1. The van der Waals surface area contributed by atoms with E-state index < -0.39 is 29.7 Å². The van der Waals surface area contributed by atoms with Crippen LogP contribution in [0.2, 0.25) is 5.02 Å². The molecular weight excluding hydrogens is 430 g/mol. The zero-order valence-corrected chi connectivity index (χ0v) is 17.8. The smallest absolute Gasteiger partial charge is 0.333 e. The van der Waals surface area contributed by atoms with Crippen LogP contribution in [0.15, 0.2) is 42.6 Å². The summed E-state index contributed by atoms with van der Waals surface area (Å²) in [7, 11) is 1.25. The van der Waals surface area contributed by atoms with Crippen molar-refractivity contribution in [3.8, 4) is 5.75 Å². The fourth-order valence-corrected chi connectivity index (χ4v) is 3.57. The van der Waals surface area contributed by atoms with Gasteiger partial charge in [-0.1, -0.05) is 24.2 Å². The highest BCUT2D eigenvalue weighted by Crippen LogP contribution is 2.33. The van der Waals surface area contributed by atoms with E-state index in [0.29, 0.717) is 23.4 Å². The summed E-state index contributed by atoms with van der Waals surface area (Å²) >= 11 is 5.71. The molecule has 2 aromatic rings. The molecule has 0 spiro atoms. The number of fused-ring (bicyclic) bond motifs is 1. The van der Waals surface area contributed by atoms with E-state index in [9.17, 15) is 18.4 Å². The van der Waals surface area contributed by atoms with Crippen LogP contribution in [0.4, 0.5) is 13.6 Å². The maximum atomic E-state index is 14.1. The van der Waals surface area contributed by atoms with Crippen molar-refractivity contribution in [2.24, 2.45) is 0 Å². The van der Waals surface area contributed by atoms with Gasteiger partial charge in [-0.25, -0.2) is 18.4 Å². The first-order chi connectivity index (χ1) is 14.7. The third-order valence-electron chi connectivity index (χ3n) is 4.87. The summed E-state index contributed by atoms with van der Waals surface area (Å²) in [6.45, 7) is 5.18. The Kier molecular flexibility index (Phi) is 6.80. The lowest BCUT2D eigenvalue weighted by Crippen LogP contribution is -2.48. The maximum Gasteiger partial charge on any atom is 0.333 e. The topological polar surface area (TPSA) is 67.9 Å². The highest BCUT2D eigenvalue weighted by Gasteiger charge is 2.37. The number of hydrogen-bond donors (Lipinski definition) is 1. The molecule has 9 heteroatoms. The number of esters is 1. The molecule has 0 bridgehead atoms. The van der Waals surface area contributed by atoms with Crippen LogP contribution in [-0.2, 0) is 22.6 Å². The molecule has 3 rings (SSSR count). The fourth-order valence-electron chi connectivity index (χ4n) is 3.39. The summed E-state index contributed by atoms with van der Waals surface area (Å²) in [6, 6.07) is 5.69. The van der Waals surface area contributed by atoms with Crippen molar-refractivity contribution < 1.29 is 27.8 Å². The fraction of sp³-hybridized carbons (Fsp3) is 0.273. The molecule has 2 amide bonds. The molecule has 1 aliphatic rings. The largest absolute Gasteiger partial charge is 0.489 e. The van der Waals surface area contributed by atoms with Crippen LogP contribution in [-0.4, -0.2) is 30.6 Å². The number of carbonyl (C=O) groups is 2. The Bertz CT molecular complexity index is 1040. The molecule has 0 aromatic heterocycles. The van der Waals surface area contributed by atoms with Crippen LogP contribution in [0.25, 0.3) is 0 Å². The molecule has 1 atom stereocenters. The van der Waals surface area contributed by atoms with Crippen molar-refractivity contribution >= 4 is 23.6 Å². The highest BCUT2D eigenvalue weighted by molar-refractivity contribution is 6.30. The molecule has 164 valence electrons. The molecule has 0 radical (unpaired) electrons. The standard InChI is InChI=1S/C22H21ClF2N2O4/c1-12(2)26-22(29)27-9-8-13-10-14(4-5-15(13)20(27)21(28)30-3)31-11-16-18(24)7-6-17(23)19(16)25/h4-7,10,20H,1,8-9,11H2,2-3H3,(H,26,29)/t20-/m1/s1. The van der Waals surface area contributed by atoms with E-state index in [1.807, 2.05) is 0 Å². The third-order valence-corrected chi connectivity index (χ3v) is 5.16. The number of rotatable bonds is 5. The van der Waals surface area contributed by atoms with Crippen LogP contribution in [0.3, 0.4) is 0 Å². The van der Waals surface area contributed by atoms with Gasteiger partial charge in [0, 0.05) is 12.2 Å². The highest BCUT2D eigenvalue weighted by atomic mass is 35.5. The predicted octanol–water partition coefficient (Wildman–Crippen LogP) is 4.51. The quantitative estimate of drug-likeness (QED) is 0.537. The Morgan fingerprint density at radius 3 is 2.71 bits per heavy atom. The monoisotopic (exact) mass is 450 g/mol. The summed E-state index contributed by atoms with van der Waals surface area (Å²) in [5.74, 6) is -1.86. The molecule has 0 aliphatic carbocycles. The van der Waals surface area contributed by atoms with Gasteiger partial charge in [0.1, 0.15) is 18.2 Å². The van der Waals surface area contributed by atoms with Crippen molar-refractivity contribution in [3.05, 3.63) is 76.0 Å². The molecule has 31 heavy (non-hydrogen) atoms. The van der Waals surface area contributed by atoms with E-state index >= 15 is 0 Å². The van der Waals surface area contributed by atoms with Gasteiger partial charge in [0.25, 0.3) is 0 Å². The van der Waals surface area contributed by atoms with E-state index in [2.05, 4.69) is 11.9 Å². The van der Waals surface area contributed by atoms with Crippen molar-refractivity contribution in [2.45, 2.75) is 26.0 Å². The molecule has 1 heterocycles. The molecule has 0 unspecified atom stereocenters. The predicted molar refractivity (Wildman–Crippen MR) is 111 cm³/mol. The second kappa shape index (κ2) is 9.34. The molecule has 0 saturated heterocycles. The zero-order valence-electron chi connectivity index (χ0n) is 17.0. The number of ether oxygens (including phenoxy) is 2. The Hall–Kier alpha value is -3.13. The molecular formula is C22H21ClF2N2O4. The number of carbonyl (C=O) groups excluding carboxylic acids is 2. The number of nitrogens with zero attached hydrogens (tertiary/aromatic N) is 1. The summed E-state index contributed by atoms with van der Waals surface area (Å²) < 4.78 is 38.4. The van der Waals surface area contributed by atoms with Crippen LogP contribution in [0.1, 0.15) is 29.7 Å². The van der Waals surface area contributed by atoms with Gasteiger partial charge in [-0.05, 0) is 48.7 Å². The third kappa shape index (κ3) is 4.80. The van der Waals surface area contributed by atoms with Gasteiger partial charge in [-0.3, -0.25) is 0 Å². The summed E-state index contributed by atoms with van der Waals surface area (Å²) in [4.78, 5) is 26.3. The number of benzene rings is 2. The minimum absolute atomic E-state index is 0.195. The van der Waals surface area contributed by atoms with Gasteiger partial charge in [0.15, 0.2) is 11.9 Å². The minimum atomic E-state index is -0.940. The van der Waals surface area contributed by atoms with Crippen molar-refractivity contribution in [1.29, 1.82) is 0 Å². The molecule has 6 nitrogen and oxygen atoms in total. The summed E-state index contributed by atoms with van der Waals surface area (Å²) in [5, 5.41) is 2.40. The Morgan fingerprint density at radius 1 is 1.29 bits per heavy atom. The van der Waals surface area contributed by atoms with Crippen molar-refractivity contribution in [1.82, 2.24) is 10.2 Å². The SMILES string of the molecule is C=C(C)NC(=O)N1CCc2cc(OCc3c(F)ccc(Cl)c3F)ccc2[C@@H]1C(=O)OC. The minimum Gasteiger partial charge on any atom is -0.489 e. The number of allylic oxidation sites excluding steroid dienone is 1. The average Bonchev–Trinajstić information content (AvgIpc) is 2.74. The van der Waals surface area contributed by atoms with Gasteiger partial charge < -0.3 is 19.7 Å². The lowest BCUT2D eigenvalue weighted by atomic mass is 9.92. The second-order valence-corrected chi connectivity index (χ2v) is 7.46.